The first-order valence-corrected chi connectivity index (χ1v) is 7.03. The number of rotatable bonds is 1. The van der Waals surface area contributed by atoms with Gasteiger partial charge in [-0.05, 0) is 18.2 Å². The van der Waals surface area contributed by atoms with Crippen LogP contribution in [0.15, 0.2) is 11.0 Å². The average Bonchev–Trinajstić information content (AvgIpc) is 2.73. The molecule has 94 valence electrons. The summed E-state index contributed by atoms with van der Waals surface area (Å²) < 4.78 is 5.79. The summed E-state index contributed by atoms with van der Waals surface area (Å²) in [6.45, 7) is 6.02. The number of carbonyl (C=O) groups is 1. The van der Waals surface area contributed by atoms with E-state index in [0.717, 1.165) is 32.6 Å². The molecule has 1 N–H and O–H groups in total. The Morgan fingerprint density at radius 3 is 3.06 bits per heavy atom. The van der Waals surface area contributed by atoms with Gasteiger partial charge in [0.1, 0.15) is 5.60 Å². The number of nitrogens with zero attached hydrogens (tertiary/aromatic N) is 1. The summed E-state index contributed by atoms with van der Waals surface area (Å²) in [5.74, 6) is 0.290. The Labute approximate surface area is 106 Å². The molecule has 3 aliphatic heterocycles. The zero-order valence-electron chi connectivity index (χ0n) is 10.1. The molecular weight excluding hydrogens is 236 g/mol. The molecule has 4 nitrogen and oxygen atoms in total. The van der Waals surface area contributed by atoms with Gasteiger partial charge in [0, 0.05) is 19.6 Å². The van der Waals surface area contributed by atoms with Crippen LogP contribution < -0.4 is 5.32 Å². The molecule has 5 heteroatoms. The topological polar surface area (TPSA) is 41.6 Å². The summed E-state index contributed by atoms with van der Waals surface area (Å²) >= 11 is 1.71. The van der Waals surface area contributed by atoms with Crippen molar-refractivity contribution in [2.75, 3.05) is 32.8 Å². The molecule has 0 radical (unpaired) electrons. The lowest BCUT2D eigenvalue weighted by Gasteiger charge is -2.49. The van der Waals surface area contributed by atoms with Gasteiger partial charge in [-0.15, -0.1) is 11.8 Å². The highest BCUT2D eigenvalue weighted by atomic mass is 32.2. The van der Waals surface area contributed by atoms with Crippen molar-refractivity contribution in [3.63, 3.8) is 0 Å². The fourth-order valence-electron chi connectivity index (χ4n) is 2.60. The number of amides is 1. The van der Waals surface area contributed by atoms with Crippen molar-refractivity contribution in [3.05, 3.63) is 11.0 Å². The van der Waals surface area contributed by atoms with E-state index in [1.165, 1.54) is 4.91 Å². The van der Waals surface area contributed by atoms with Crippen LogP contribution >= 0.6 is 11.8 Å². The van der Waals surface area contributed by atoms with Gasteiger partial charge in [-0.3, -0.25) is 4.79 Å². The first-order chi connectivity index (χ1) is 8.19. The number of nitrogens with one attached hydrogen (secondary N) is 1. The normalized spacial score (nSPS) is 31.2. The number of allylic oxidation sites excluding steroid dienone is 2. The van der Waals surface area contributed by atoms with E-state index >= 15 is 0 Å². The van der Waals surface area contributed by atoms with Crippen LogP contribution in [0.2, 0.25) is 0 Å². The number of hydrogen-bond acceptors (Lipinski definition) is 4. The van der Waals surface area contributed by atoms with Crippen molar-refractivity contribution in [1.29, 1.82) is 0 Å². The van der Waals surface area contributed by atoms with E-state index in [4.69, 9.17) is 4.74 Å². The maximum absolute atomic E-state index is 12.4. The average molecular weight is 254 g/mol. The Hall–Kier alpha value is -0.520. The van der Waals surface area contributed by atoms with Gasteiger partial charge in [-0.2, -0.15) is 0 Å². The predicted molar refractivity (Wildman–Crippen MR) is 67.9 cm³/mol. The van der Waals surface area contributed by atoms with Crippen molar-refractivity contribution in [2.45, 2.75) is 24.2 Å². The van der Waals surface area contributed by atoms with Crippen molar-refractivity contribution in [2.24, 2.45) is 0 Å². The van der Waals surface area contributed by atoms with Crippen LogP contribution in [-0.2, 0) is 9.53 Å². The fraction of sp³-hybridized carbons (Fsp3) is 0.750. The third-order valence-electron chi connectivity index (χ3n) is 3.68. The molecule has 0 aromatic heterocycles. The second-order valence-electron chi connectivity index (χ2n) is 5.05. The SMILES string of the molecule is CC1=CCC(C(=O)N2CCOC3(CNC3)C2)S1. The summed E-state index contributed by atoms with van der Waals surface area (Å²) in [6, 6.07) is 0. The summed E-state index contributed by atoms with van der Waals surface area (Å²) in [5.41, 5.74) is -0.0837. The molecule has 1 atom stereocenters. The second kappa shape index (κ2) is 4.30. The van der Waals surface area contributed by atoms with Crippen LogP contribution in [0.3, 0.4) is 0 Å². The van der Waals surface area contributed by atoms with Gasteiger partial charge in [-0.1, -0.05) is 6.08 Å². The van der Waals surface area contributed by atoms with E-state index in [0.29, 0.717) is 6.61 Å². The van der Waals surface area contributed by atoms with Gasteiger partial charge in [0.25, 0.3) is 0 Å². The number of ether oxygens (including phenoxy) is 1. The Balaban J connectivity index is 1.62. The van der Waals surface area contributed by atoms with Crippen LogP contribution in [-0.4, -0.2) is 54.4 Å². The molecule has 3 aliphatic rings. The van der Waals surface area contributed by atoms with Gasteiger partial charge in [0.15, 0.2) is 0 Å². The van der Waals surface area contributed by atoms with Crippen LogP contribution in [0.1, 0.15) is 13.3 Å². The molecule has 2 saturated heterocycles. The lowest BCUT2D eigenvalue weighted by Crippen LogP contribution is -2.69. The van der Waals surface area contributed by atoms with Gasteiger partial charge < -0.3 is 15.0 Å². The second-order valence-corrected chi connectivity index (χ2v) is 6.50. The lowest BCUT2D eigenvalue weighted by molar-refractivity contribution is -0.159. The molecule has 0 aliphatic carbocycles. The third kappa shape index (κ3) is 2.11. The first-order valence-electron chi connectivity index (χ1n) is 6.15. The maximum Gasteiger partial charge on any atom is 0.236 e. The molecular formula is C12H18N2O2S. The number of carbonyl (C=O) groups excluding carboxylic acids is 1. The van der Waals surface area contributed by atoms with Gasteiger partial charge in [0.2, 0.25) is 5.91 Å². The van der Waals surface area contributed by atoms with Crippen LogP contribution in [0.4, 0.5) is 0 Å². The summed E-state index contributed by atoms with van der Waals surface area (Å²) in [5, 5.41) is 3.34. The molecule has 0 aromatic rings. The summed E-state index contributed by atoms with van der Waals surface area (Å²) in [4.78, 5) is 15.6. The van der Waals surface area contributed by atoms with Gasteiger partial charge >= 0.3 is 0 Å². The predicted octanol–water partition coefficient (Wildman–Crippen LogP) is 0.597. The minimum Gasteiger partial charge on any atom is -0.369 e. The zero-order valence-corrected chi connectivity index (χ0v) is 10.9. The monoisotopic (exact) mass is 254 g/mol. The summed E-state index contributed by atoms with van der Waals surface area (Å²) in [6.07, 6.45) is 3.05. The highest BCUT2D eigenvalue weighted by molar-refractivity contribution is 8.04. The minimum absolute atomic E-state index is 0.0837. The standard InChI is InChI=1S/C12H18N2O2S/c1-9-2-3-10(17-9)11(15)14-4-5-16-12(8-14)6-13-7-12/h2,10,13H,3-8H2,1H3. The number of hydrogen-bond donors (Lipinski definition) is 1. The van der Waals surface area contributed by atoms with E-state index < -0.39 is 0 Å². The van der Waals surface area contributed by atoms with Crippen molar-refractivity contribution in [3.8, 4) is 0 Å². The molecule has 1 amide bonds. The molecule has 1 unspecified atom stereocenters. The van der Waals surface area contributed by atoms with E-state index in [2.05, 4.69) is 18.3 Å². The van der Waals surface area contributed by atoms with E-state index in [9.17, 15) is 4.79 Å². The third-order valence-corrected chi connectivity index (χ3v) is 4.89. The van der Waals surface area contributed by atoms with Crippen molar-refractivity contribution in [1.82, 2.24) is 10.2 Å². The van der Waals surface area contributed by atoms with Crippen molar-refractivity contribution >= 4 is 17.7 Å². The Morgan fingerprint density at radius 2 is 2.47 bits per heavy atom. The molecule has 0 bridgehead atoms. The quantitative estimate of drug-likeness (QED) is 0.744. The van der Waals surface area contributed by atoms with Crippen LogP contribution in [0.5, 0.6) is 0 Å². The Kier molecular flexibility index (Phi) is 2.92. The lowest BCUT2D eigenvalue weighted by atomic mass is 9.94. The van der Waals surface area contributed by atoms with Crippen LogP contribution in [0.25, 0.3) is 0 Å². The molecule has 1 spiro atoms. The number of morpholine rings is 1. The molecule has 0 saturated carbocycles. The van der Waals surface area contributed by atoms with E-state index in [1.54, 1.807) is 11.8 Å². The maximum atomic E-state index is 12.4. The van der Waals surface area contributed by atoms with Crippen molar-refractivity contribution < 1.29 is 9.53 Å². The molecule has 17 heavy (non-hydrogen) atoms. The van der Waals surface area contributed by atoms with E-state index in [-0.39, 0.29) is 16.8 Å². The fourth-order valence-corrected chi connectivity index (χ4v) is 3.68. The summed E-state index contributed by atoms with van der Waals surface area (Å²) in [7, 11) is 0. The number of thioether (sulfide) groups is 1. The van der Waals surface area contributed by atoms with Crippen LogP contribution in [0, 0.1) is 0 Å². The van der Waals surface area contributed by atoms with Gasteiger partial charge in [-0.25, -0.2) is 0 Å². The highest BCUT2D eigenvalue weighted by Gasteiger charge is 2.44. The largest absolute Gasteiger partial charge is 0.369 e. The highest BCUT2D eigenvalue weighted by Crippen LogP contribution is 2.34. The van der Waals surface area contributed by atoms with Gasteiger partial charge in [0.05, 0.1) is 18.4 Å². The molecule has 2 fully saturated rings. The smallest absolute Gasteiger partial charge is 0.236 e. The molecule has 3 rings (SSSR count). The van der Waals surface area contributed by atoms with E-state index in [1.807, 2.05) is 4.90 Å². The first kappa shape index (κ1) is 11.6. The molecule has 3 heterocycles. The Morgan fingerprint density at radius 1 is 1.65 bits per heavy atom. The zero-order chi connectivity index (χ0) is 11.9. The molecule has 0 aromatic carbocycles. The Bertz CT molecular complexity index is 366. The minimum atomic E-state index is -0.0837.